The van der Waals surface area contributed by atoms with Crippen molar-refractivity contribution in [1.29, 1.82) is 0 Å². The van der Waals surface area contributed by atoms with Crippen LogP contribution in [0.4, 0.5) is 10.8 Å². The van der Waals surface area contributed by atoms with Gasteiger partial charge in [0.1, 0.15) is 5.69 Å². The van der Waals surface area contributed by atoms with E-state index in [1.54, 1.807) is 23.6 Å². The van der Waals surface area contributed by atoms with Crippen LogP contribution in [-0.2, 0) is 0 Å². The summed E-state index contributed by atoms with van der Waals surface area (Å²) in [6.45, 7) is 1.42. The molecule has 98 valence electrons. The summed E-state index contributed by atoms with van der Waals surface area (Å²) in [5, 5.41) is 4.59. The number of amides is 1. The van der Waals surface area contributed by atoms with E-state index in [9.17, 15) is 9.59 Å². The number of aromatic nitrogens is 1. The van der Waals surface area contributed by atoms with Crippen molar-refractivity contribution in [2.45, 2.75) is 6.92 Å². The molecule has 0 saturated carbocycles. The van der Waals surface area contributed by atoms with E-state index >= 15 is 0 Å². The largest absolute Gasteiger partial charge is 0.398 e. The normalized spacial score (nSPS) is 10.2. The number of carbonyl (C=O) groups excluding carboxylic acids is 2. The fraction of sp³-hybridized carbons (Fsp3) is 0.0833. The molecule has 0 spiro atoms. The third-order valence-corrected chi connectivity index (χ3v) is 3.60. The number of ketones is 1. The van der Waals surface area contributed by atoms with Gasteiger partial charge in [-0.25, -0.2) is 4.98 Å². The lowest BCUT2D eigenvalue weighted by atomic mass is 10.2. The predicted molar refractivity (Wildman–Crippen MR) is 78.6 cm³/mol. The van der Waals surface area contributed by atoms with Gasteiger partial charge >= 0.3 is 0 Å². The molecule has 1 heterocycles. The molecule has 0 atom stereocenters. The van der Waals surface area contributed by atoms with Crippen molar-refractivity contribution < 1.29 is 9.59 Å². The Bertz CT molecular complexity index is 654. The molecule has 0 aliphatic carbocycles. The average Bonchev–Trinajstić information content (AvgIpc) is 2.80. The van der Waals surface area contributed by atoms with Crippen molar-refractivity contribution in [1.82, 2.24) is 4.98 Å². The van der Waals surface area contributed by atoms with Crippen LogP contribution in [0.15, 0.2) is 28.1 Å². The van der Waals surface area contributed by atoms with Gasteiger partial charge in [0, 0.05) is 22.5 Å². The summed E-state index contributed by atoms with van der Waals surface area (Å²) in [5.74, 6) is -0.498. The van der Waals surface area contributed by atoms with Crippen molar-refractivity contribution >= 4 is 49.8 Å². The summed E-state index contributed by atoms with van der Waals surface area (Å²) in [5.41, 5.74) is 6.81. The van der Waals surface area contributed by atoms with E-state index < -0.39 is 0 Å². The second-order valence-corrected chi connectivity index (χ2v) is 5.55. The highest BCUT2D eigenvalue weighted by atomic mass is 79.9. The van der Waals surface area contributed by atoms with E-state index in [1.807, 2.05) is 0 Å². The van der Waals surface area contributed by atoms with Gasteiger partial charge in [0.25, 0.3) is 5.91 Å². The molecule has 3 N–H and O–H groups in total. The Kier molecular flexibility index (Phi) is 3.96. The molecule has 0 radical (unpaired) electrons. The van der Waals surface area contributed by atoms with Crippen LogP contribution in [0.1, 0.15) is 27.8 Å². The lowest BCUT2D eigenvalue weighted by Gasteiger charge is -2.05. The van der Waals surface area contributed by atoms with Crippen LogP contribution in [-0.4, -0.2) is 16.7 Å². The highest BCUT2D eigenvalue weighted by Crippen LogP contribution is 2.21. The first-order valence-electron chi connectivity index (χ1n) is 5.30. The summed E-state index contributed by atoms with van der Waals surface area (Å²) in [6, 6.07) is 5.02. The molecule has 5 nitrogen and oxygen atoms in total. The first kappa shape index (κ1) is 13.7. The van der Waals surface area contributed by atoms with E-state index in [1.165, 1.54) is 18.3 Å². The fourth-order valence-corrected chi connectivity index (χ4v) is 2.49. The molecule has 19 heavy (non-hydrogen) atoms. The zero-order chi connectivity index (χ0) is 14.0. The Balaban J connectivity index is 2.20. The van der Waals surface area contributed by atoms with Gasteiger partial charge in [0.2, 0.25) is 0 Å². The molecule has 0 saturated heterocycles. The van der Waals surface area contributed by atoms with Gasteiger partial charge in [-0.05, 0) is 18.2 Å². The summed E-state index contributed by atoms with van der Waals surface area (Å²) in [4.78, 5) is 27.2. The van der Waals surface area contributed by atoms with E-state index in [4.69, 9.17) is 5.73 Å². The maximum Gasteiger partial charge on any atom is 0.259 e. The summed E-state index contributed by atoms with van der Waals surface area (Å²) in [6.07, 6.45) is 0. The Labute approximate surface area is 122 Å². The zero-order valence-corrected chi connectivity index (χ0v) is 12.3. The first-order valence-corrected chi connectivity index (χ1v) is 6.97. The van der Waals surface area contributed by atoms with Crippen LogP contribution in [0.25, 0.3) is 0 Å². The highest BCUT2D eigenvalue weighted by Gasteiger charge is 2.13. The number of carbonyl (C=O) groups is 2. The maximum absolute atomic E-state index is 12.0. The third kappa shape index (κ3) is 3.18. The lowest BCUT2D eigenvalue weighted by Crippen LogP contribution is -2.14. The van der Waals surface area contributed by atoms with Crippen LogP contribution >= 0.6 is 27.3 Å². The number of nitrogen functional groups attached to an aromatic ring is 1. The highest BCUT2D eigenvalue weighted by molar-refractivity contribution is 9.10. The van der Waals surface area contributed by atoms with E-state index in [0.29, 0.717) is 22.1 Å². The predicted octanol–water partition coefficient (Wildman–Crippen LogP) is 2.94. The number of nitrogens with one attached hydrogen (secondary N) is 1. The van der Waals surface area contributed by atoms with Crippen molar-refractivity contribution in [3.05, 3.63) is 39.3 Å². The van der Waals surface area contributed by atoms with Gasteiger partial charge in [-0.3, -0.25) is 14.9 Å². The molecule has 1 amide bonds. The number of thiazole rings is 1. The Hall–Kier alpha value is -1.73. The minimum Gasteiger partial charge on any atom is -0.398 e. The molecule has 0 bridgehead atoms. The topological polar surface area (TPSA) is 85.1 Å². The Morgan fingerprint density at radius 1 is 1.42 bits per heavy atom. The minimum absolute atomic E-state index is 0.140. The van der Waals surface area contributed by atoms with Gasteiger partial charge in [-0.15, -0.1) is 11.3 Å². The number of anilines is 2. The van der Waals surface area contributed by atoms with Gasteiger partial charge in [-0.1, -0.05) is 15.9 Å². The number of rotatable bonds is 3. The van der Waals surface area contributed by atoms with Crippen molar-refractivity contribution in [3.63, 3.8) is 0 Å². The summed E-state index contributed by atoms with van der Waals surface area (Å²) in [7, 11) is 0. The number of nitrogens with zero attached hydrogens (tertiary/aromatic N) is 1. The van der Waals surface area contributed by atoms with Gasteiger partial charge in [0.15, 0.2) is 10.9 Å². The lowest BCUT2D eigenvalue weighted by molar-refractivity contribution is 0.100. The molecule has 2 aromatic rings. The van der Waals surface area contributed by atoms with Crippen molar-refractivity contribution in [3.8, 4) is 0 Å². The molecular formula is C12H10BrN3O2S. The van der Waals surface area contributed by atoms with Crippen molar-refractivity contribution in [2.75, 3.05) is 11.1 Å². The quantitative estimate of drug-likeness (QED) is 0.665. The van der Waals surface area contributed by atoms with Crippen LogP contribution in [0.2, 0.25) is 0 Å². The summed E-state index contributed by atoms with van der Waals surface area (Å²) >= 11 is 4.47. The number of halogens is 1. The minimum atomic E-state index is -0.358. The molecule has 1 aromatic heterocycles. The standard InChI is InChI=1S/C12H10BrN3O2S/c1-6(17)10-5-19-12(15-10)16-11(18)8-4-7(13)2-3-9(8)14/h2-5H,14H2,1H3,(H,15,16,18). The Morgan fingerprint density at radius 2 is 2.16 bits per heavy atom. The van der Waals surface area contributed by atoms with Crippen molar-refractivity contribution in [2.24, 2.45) is 0 Å². The second-order valence-electron chi connectivity index (χ2n) is 3.78. The summed E-state index contributed by atoms with van der Waals surface area (Å²) < 4.78 is 0.760. The molecule has 0 aliphatic heterocycles. The van der Waals surface area contributed by atoms with E-state index in [2.05, 4.69) is 26.2 Å². The zero-order valence-electron chi connectivity index (χ0n) is 9.94. The molecule has 2 rings (SSSR count). The monoisotopic (exact) mass is 339 g/mol. The number of benzene rings is 1. The molecule has 0 aliphatic rings. The molecule has 1 aromatic carbocycles. The number of nitrogens with two attached hydrogens (primary N) is 1. The second kappa shape index (κ2) is 5.50. The number of hydrogen-bond donors (Lipinski definition) is 2. The van der Waals surface area contributed by atoms with Crippen LogP contribution in [0.5, 0.6) is 0 Å². The number of Topliss-reactive ketones (excluding diaryl/α,β-unsaturated/α-hetero) is 1. The third-order valence-electron chi connectivity index (χ3n) is 2.35. The first-order chi connectivity index (χ1) is 8.97. The van der Waals surface area contributed by atoms with Crippen LogP contribution in [0, 0.1) is 0 Å². The SMILES string of the molecule is CC(=O)c1csc(NC(=O)c2cc(Br)ccc2N)n1. The van der Waals surface area contributed by atoms with Gasteiger partial charge < -0.3 is 5.73 Å². The molecule has 0 unspecified atom stereocenters. The molecular weight excluding hydrogens is 330 g/mol. The molecule has 7 heteroatoms. The van der Waals surface area contributed by atoms with E-state index in [-0.39, 0.29) is 11.7 Å². The van der Waals surface area contributed by atoms with E-state index in [0.717, 1.165) is 4.47 Å². The average molecular weight is 340 g/mol. The number of hydrogen-bond acceptors (Lipinski definition) is 5. The fourth-order valence-electron chi connectivity index (χ4n) is 1.38. The van der Waals surface area contributed by atoms with Crippen LogP contribution in [0.3, 0.4) is 0 Å². The van der Waals surface area contributed by atoms with Crippen LogP contribution < -0.4 is 11.1 Å². The van der Waals surface area contributed by atoms with Gasteiger partial charge in [0.05, 0.1) is 5.56 Å². The maximum atomic E-state index is 12.0. The smallest absolute Gasteiger partial charge is 0.259 e. The Morgan fingerprint density at radius 3 is 2.79 bits per heavy atom. The molecule has 0 fully saturated rings. The van der Waals surface area contributed by atoms with Gasteiger partial charge in [-0.2, -0.15) is 0 Å².